The van der Waals surface area contributed by atoms with E-state index >= 15 is 0 Å². The summed E-state index contributed by atoms with van der Waals surface area (Å²) in [6.07, 6.45) is 1.39. The molecule has 1 aliphatic rings. The van der Waals surface area contributed by atoms with Gasteiger partial charge in [0.25, 0.3) is 11.8 Å². The molecule has 0 spiro atoms. The fourth-order valence-electron chi connectivity index (χ4n) is 2.34. The Bertz CT molecular complexity index is 798. The molecule has 116 valence electrons. The molecular formula is C17H12I2N2O2. The number of nitrogens with zero attached hydrogens (tertiary/aromatic N) is 2. The van der Waals surface area contributed by atoms with E-state index in [-0.39, 0.29) is 11.8 Å². The third-order valence-corrected chi connectivity index (χ3v) is 5.00. The van der Waals surface area contributed by atoms with Crippen molar-refractivity contribution >= 4 is 68.4 Å². The molecule has 0 saturated heterocycles. The lowest BCUT2D eigenvalue weighted by atomic mass is 10.2. The molecule has 0 saturated carbocycles. The average molecular weight is 530 g/mol. The summed E-state index contributed by atoms with van der Waals surface area (Å²) in [4.78, 5) is 27.9. The van der Waals surface area contributed by atoms with Crippen LogP contribution in [0.4, 0.5) is 11.4 Å². The van der Waals surface area contributed by atoms with Gasteiger partial charge in [0.1, 0.15) is 5.70 Å². The number of benzene rings is 2. The third kappa shape index (κ3) is 3.27. The quantitative estimate of drug-likeness (QED) is 0.449. The van der Waals surface area contributed by atoms with E-state index in [1.807, 2.05) is 36.4 Å². The lowest BCUT2D eigenvalue weighted by Gasteiger charge is -2.21. The van der Waals surface area contributed by atoms with E-state index in [2.05, 4.69) is 45.2 Å². The number of hydrogen-bond acceptors (Lipinski definition) is 3. The number of likely N-dealkylation sites (N-methyl/N-ethyl adjacent to an activating group) is 1. The summed E-state index contributed by atoms with van der Waals surface area (Å²) in [6, 6.07) is 15.1. The number of imide groups is 1. The van der Waals surface area contributed by atoms with Crippen molar-refractivity contribution in [3.63, 3.8) is 0 Å². The molecule has 2 aromatic rings. The summed E-state index contributed by atoms with van der Waals surface area (Å²) in [5, 5.41) is 0. The van der Waals surface area contributed by atoms with Gasteiger partial charge in [-0.05, 0) is 93.7 Å². The lowest BCUT2D eigenvalue weighted by molar-refractivity contribution is -0.120. The van der Waals surface area contributed by atoms with Crippen molar-refractivity contribution in [1.82, 2.24) is 0 Å². The fourth-order valence-corrected chi connectivity index (χ4v) is 3.06. The Labute approximate surface area is 161 Å². The van der Waals surface area contributed by atoms with Gasteiger partial charge in [-0.1, -0.05) is 0 Å². The van der Waals surface area contributed by atoms with E-state index < -0.39 is 0 Å². The van der Waals surface area contributed by atoms with Crippen LogP contribution in [0, 0.1) is 7.14 Å². The minimum absolute atomic E-state index is 0.308. The highest BCUT2D eigenvalue weighted by molar-refractivity contribution is 14.1. The number of carbonyl (C=O) groups excluding carboxylic acids is 2. The summed E-state index contributed by atoms with van der Waals surface area (Å²) in [6.45, 7) is 0. The molecule has 1 aliphatic heterocycles. The highest BCUT2D eigenvalue weighted by atomic mass is 127. The van der Waals surface area contributed by atoms with Gasteiger partial charge in [0, 0.05) is 26.0 Å². The molecule has 1 heterocycles. The summed E-state index contributed by atoms with van der Waals surface area (Å²) < 4.78 is 2.16. The molecule has 0 bridgehead atoms. The minimum Gasteiger partial charge on any atom is -0.340 e. The minimum atomic E-state index is -0.316. The number of amides is 2. The molecule has 2 amide bonds. The van der Waals surface area contributed by atoms with Crippen LogP contribution < -0.4 is 9.80 Å². The van der Waals surface area contributed by atoms with E-state index in [0.29, 0.717) is 11.4 Å². The Morgan fingerprint density at radius 1 is 0.870 bits per heavy atom. The van der Waals surface area contributed by atoms with Crippen LogP contribution in [0.3, 0.4) is 0 Å². The fraction of sp³-hybridized carbons (Fsp3) is 0.0588. The summed E-state index contributed by atoms with van der Waals surface area (Å²) in [7, 11) is 1.79. The number of carbonyl (C=O) groups is 2. The first kappa shape index (κ1) is 16.4. The van der Waals surface area contributed by atoms with E-state index in [4.69, 9.17) is 0 Å². The van der Waals surface area contributed by atoms with Crippen molar-refractivity contribution < 1.29 is 9.59 Å². The van der Waals surface area contributed by atoms with E-state index in [1.165, 1.54) is 11.0 Å². The normalized spacial score (nSPS) is 14.2. The van der Waals surface area contributed by atoms with Crippen molar-refractivity contribution in [3.8, 4) is 0 Å². The average Bonchev–Trinajstić information content (AvgIpc) is 2.83. The highest BCUT2D eigenvalue weighted by Crippen LogP contribution is 2.27. The van der Waals surface area contributed by atoms with Crippen LogP contribution in [0.1, 0.15) is 0 Å². The maximum absolute atomic E-state index is 12.7. The zero-order valence-corrected chi connectivity index (χ0v) is 16.5. The second-order valence-corrected chi connectivity index (χ2v) is 7.51. The smallest absolute Gasteiger partial charge is 0.282 e. The molecule has 0 atom stereocenters. The van der Waals surface area contributed by atoms with Gasteiger partial charge in [-0.2, -0.15) is 0 Å². The van der Waals surface area contributed by atoms with Crippen molar-refractivity contribution in [1.29, 1.82) is 0 Å². The van der Waals surface area contributed by atoms with E-state index in [1.54, 1.807) is 24.1 Å². The molecule has 6 heteroatoms. The molecule has 0 aliphatic carbocycles. The van der Waals surface area contributed by atoms with Gasteiger partial charge in [-0.25, -0.2) is 4.90 Å². The molecule has 23 heavy (non-hydrogen) atoms. The van der Waals surface area contributed by atoms with Gasteiger partial charge in [-0.3, -0.25) is 9.59 Å². The molecule has 0 aromatic heterocycles. The van der Waals surface area contributed by atoms with Gasteiger partial charge >= 0.3 is 0 Å². The number of rotatable bonds is 3. The molecule has 0 fully saturated rings. The van der Waals surface area contributed by atoms with Crippen LogP contribution in [0.15, 0.2) is 60.3 Å². The number of hydrogen-bond donors (Lipinski definition) is 0. The summed E-state index contributed by atoms with van der Waals surface area (Å²) in [5.74, 6) is -0.624. The van der Waals surface area contributed by atoms with Gasteiger partial charge in [0.2, 0.25) is 0 Å². The highest BCUT2D eigenvalue weighted by Gasteiger charge is 2.34. The zero-order valence-electron chi connectivity index (χ0n) is 12.2. The Morgan fingerprint density at radius 3 is 1.96 bits per heavy atom. The van der Waals surface area contributed by atoms with Crippen molar-refractivity contribution in [3.05, 3.63) is 67.4 Å². The van der Waals surface area contributed by atoms with Gasteiger partial charge in [0.05, 0.1) is 5.69 Å². The number of halogens is 2. The molecule has 0 N–H and O–H groups in total. The first-order chi connectivity index (χ1) is 11.0. The molecule has 2 aromatic carbocycles. The van der Waals surface area contributed by atoms with Crippen molar-refractivity contribution in [2.45, 2.75) is 0 Å². The van der Waals surface area contributed by atoms with Crippen molar-refractivity contribution in [2.75, 3.05) is 16.8 Å². The predicted octanol–water partition coefficient (Wildman–Crippen LogP) is 3.79. The maximum atomic E-state index is 12.7. The first-order valence-electron chi connectivity index (χ1n) is 6.82. The Hall–Kier alpha value is -1.42. The maximum Gasteiger partial charge on any atom is 0.282 e. The Kier molecular flexibility index (Phi) is 4.72. The SMILES string of the molecule is CN(C1=CC(=O)N(c2ccc(I)cc2)C1=O)c1ccc(I)cc1. The van der Waals surface area contributed by atoms with Crippen LogP contribution >= 0.6 is 45.2 Å². The monoisotopic (exact) mass is 530 g/mol. The second kappa shape index (κ2) is 6.60. The molecule has 3 rings (SSSR count). The van der Waals surface area contributed by atoms with Gasteiger partial charge in [0.15, 0.2) is 0 Å². The topological polar surface area (TPSA) is 40.6 Å². The molecule has 4 nitrogen and oxygen atoms in total. The largest absolute Gasteiger partial charge is 0.340 e. The molecular weight excluding hydrogens is 518 g/mol. The third-order valence-electron chi connectivity index (χ3n) is 3.56. The van der Waals surface area contributed by atoms with Gasteiger partial charge < -0.3 is 4.90 Å². The van der Waals surface area contributed by atoms with Crippen molar-refractivity contribution in [2.24, 2.45) is 0 Å². The molecule has 0 radical (unpaired) electrons. The van der Waals surface area contributed by atoms with E-state index in [9.17, 15) is 9.59 Å². The predicted molar refractivity (Wildman–Crippen MR) is 107 cm³/mol. The standard InChI is InChI=1S/C17H12I2N2O2/c1-20(13-6-2-11(18)3-7-13)15-10-16(22)21(17(15)23)14-8-4-12(19)5-9-14/h2-10H,1H3. The first-order valence-corrected chi connectivity index (χ1v) is 8.98. The van der Waals surface area contributed by atoms with Crippen LogP contribution in [-0.4, -0.2) is 18.9 Å². The summed E-state index contributed by atoms with van der Waals surface area (Å²) in [5.41, 5.74) is 1.82. The lowest BCUT2D eigenvalue weighted by Crippen LogP contribution is -2.34. The van der Waals surface area contributed by atoms with Crippen LogP contribution in [0.5, 0.6) is 0 Å². The van der Waals surface area contributed by atoms with Crippen LogP contribution in [0.25, 0.3) is 0 Å². The van der Waals surface area contributed by atoms with Crippen LogP contribution in [0.2, 0.25) is 0 Å². The summed E-state index contributed by atoms with van der Waals surface area (Å²) >= 11 is 4.41. The van der Waals surface area contributed by atoms with E-state index in [0.717, 1.165) is 12.8 Å². The number of anilines is 2. The molecule has 0 unspecified atom stereocenters. The van der Waals surface area contributed by atoms with Crippen LogP contribution in [-0.2, 0) is 9.59 Å². The Balaban J connectivity index is 1.89. The zero-order chi connectivity index (χ0) is 16.6. The van der Waals surface area contributed by atoms with Gasteiger partial charge in [-0.15, -0.1) is 0 Å². The Morgan fingerprint density at radius 2 is 1.39 bits per heavy atom. The second-order valence-electron chi connectivity index (χ2n) is 5.02.